The highest BCUT2D eigenvalue weighted by atomic mass is 79.9. The summed E-state index contributed by atoms with van der Waals surface area (Å²) in [5.74, 6) is -2.34. The van der Waals surface area contributed by atoms with Gasteiger partial charge in [0.15, 0.2) is 0 Å². The Labute approximate surface area is 315 Å². The van der Waals surface area contributed by atoms with Crippen LogP contribution in [-0.2, 0) is 35.3 Å². The fourth-order valence-electron chi connectivity index (χ4n) is 5.07. The number of hydrogen-bond acceptors (Lipinski definition) is 9. The van der Waals surface area contributed by atoms with Crippen molar-refractivity contribution in [1.29, 1.82) is 0 Å². The highest BCUT2D eigenvalue weighted by Gasteiger charge is 2.44. The second-order valence-electron chi connectivity index (χ2n) is 13.4. The number of aliphatic hydroxyl groups is 1. The van der Waals surface area contributed by atoms with E-state index in [1.54, 1.807) is 52.0 Å². The number of nitrogens with zero attached hydrogens (tertiary/aromatic N) is 1. The molecule has 0 aliphatic carbocycles. The molecule has 1 unspecified atom stereocenters. The van der Waals surface area contributed by atoms with Crippen LogP contribution in [-0.4, -0.2) is 88.7 Å². The van der Waals surface area contributed by atoms with Crippen molar-refractivity contribution in [2.75, 3.05) is 25.1 Å². The number of benzene rings is 1. The Kier molecular flexibility index (Phi) is 17.0. The number of hydrogen-bond donors (Lipinski definition) is 6. The summed E-state index contributed by atoms with van der Waals surface area (Å²) < 4.78 is 12.0. The smallest absolute Gasteiger partial charge is 0.407 e. The molecule has 1 aromatic rings. The zero-order valence-corrected chi connectivity index (χ0v) is 33.1. The first-order valence-electron chi connectivity index (χ1n) is 16.7. The minimum Gasteiger partial charge on any atom is -0.449 e. The number of carbonyl (C=O) groups is 6. The number of aliphatic hydroxyl groups excluding tert-OH is 1. The molecule has 7 amide bonds. The molecule has 1 aliphatic heterocycles. The maximum atomic E-state index is 13.4. The molecule has 51 heavy (non-hydrogen) atoms. The number of anilines is 1. The van der Waals surface area contributed by atoms with Crippen molar-refractivity contribution in [3.05, 3.63) is 38.8 Å². The molecule has 3 atom stereocenters. The van der Waals surface area contributed by atoms with E-state index in [0.29, 0.717) is 36.9 Å². The maximum absolute atomic E-state index is 13.4. The fraction of sp³-hybridized carbons (Fsp3) is 0.588. The average Bonchev–Trinajstić information content (AvgIpc) is 3.26. The SMILES string of the molecule is CCC(C)(CCOC(=O)N[C@H](C(=O)N[C@@H](CCCNC(N)=O)C(=O)Nc1ccc(CO)cc1)C(C)C)OCCC(C)(C)N1C(=O)C(Br)=C(Br)C1=O. The van der Waals surface area contributed by atoms with Gasteiger partial charge in [0, 0.05) is 30.8 Å². The van der Waals surface area contributed by atoms with Crippen LogP contribution in [0.15, 0.2) is 33.2 Å². The van der Waals surface area contributed by atoms with Crippen LogP contribution in [0.5, 0.6) is 0 Å². The van der Waals surface area contributed by atoms with Crippen LogP contribution in [0.1, 0.15) is 79.2 Å². The highest BCUT2D eigenvalue weighted by Crippen LogP contribution is 2.35. The maximum Gasteiger partial charge on any atom is 0.407 e. The number of halogens is 2. The molecule has 0 radical (unpaired) electrons. The van der Waals surface area contributed by atoms with Crippen LogP contribution < -0.4 is 27.0 Å². The zero-order valence-electron chi connectivity index (χ0n) is 29.9. The minimum absolute atomic E-state index is 0.0219. The van der Waals surface area contributed by atoms with Gasteiger partial charge in [-0.05, 0) is 102 Å². The lowest BCUT2D eigenvalue weighted by molar-refractivity contribution is -0.144. The van der Waals surface area contributed by atoms with Gasteiger partial charge in [0.2, 0.25) is 11.8 Å². The number of amides is 7. The van der Waals surface area contributed by atoms with Gasteiger partial charge < -0.3 is 41.6 Å². The van der Waals surface area contributed by atoms with Gasteiger partial charge in [0.25, 0.3) is 11.8 Å². The normalized spacial score (nSPS) is 15.7. The lowest BCUT2D eigenvalue weighted by Crippen LogP contribution is -2.54. The number of rotatable bonds is 20. The Balaban J connectivity index is 1.96. The summed E-state index contributed by atoms with van der Waals surface area (Å²) in [5.41, 5.74) is 4.73. The molecule has 1 heterocycles. The molecule has 1 aromatic carbocycles. The molecule has 7 N–H and O–H groups in total. The third kappa shape index (κ3) is 13.2. The first-order valence-corrected chi connectivity index (χ1v) is 18.3. The fourth-order valence-corrected chi connectivity index (χ4v) is 5.76. The first kappa shape index (κ1) is 43.6. The third-order valence-electron chi connectivity index (χ3n) is 8.58. The molecule has 2 rings (SSSR count). The van der Waals surface area contributed by atoms with E-state index in [-0.39, 0.29) is 47.7 Å². The van der Waals surface area contributed by atoms with Crippen LogP contribution in [0.2, 0.25) is 0 Å². The van der Waals surface area contributed by atoms with E-state index < -0.39 is 59.0 Å². The summed E-state index contributed by atoms with van der Waals surface area (Å²) in [6.45, 7) is 11.1. The second-order valence-corrected chi connectivity index (χ2v) is 15.0. The quantitative estimate of drug-likeness (QED) is 0.0827. The van der Waals surface area contributed by atoms with Crippen LogP contribution in [0, 0.1) is 5.92 Å². The van der Waals surface area contributed by atoms with Crippen molar-refractivity contribution in [2.45, 2.75) is 103 Å². The van der Waals surface area contributed by atoms with E-state index in [1.807, 2.05) is 13.8 Å². The van der Waals surface area contributed by atoms with Crippen molar-refractivity contribution in [3.63, 3.8) is 0 Å². The van der Waals surface area contributed by atoms with Crippen molar-refractivity contribution in [2.24, 2.45) is 11.7 Å². The monoisotopic (exact) mass is 844 g/mol. The Morgan fingerprint density at radius 3 is 2.08 bits per heavy atom. The molecule has 0 saturated carbocycles. The van der Waals surface area contributed by atoms with Gasteiger partial charge >= 0.3 is 12.1 Å². The number of primary amides is 1. The molecule has 284 valence electrons. The Bertz CT molecular complexity index is 1430. The molecule has 0 aromatic heterocycles. The number of carbonyl (C=O) groups excluding carboxylic acids is 6. The van der Waals surface area contributed by atoms with Crippen molar-refractivity contribution in [3.8, 4) is 0 Å². The van der Waals surface area contributed by atoms with Crippen molar-refractivity contribution >= 4 is 73.3 Å². The zero-order chi connectivity index (χ0) is 38.5. The molecule has 0 bridgehead atoms. The molecular weight excluding hydrogens is 796 g/mol. The van der Waals surface area contributed by atoms with E-state index in [4.69, 9.17) is 15.2 Å². The molecule has 0 spiro atoms. The number of alkyl carbamates (subject to hydrolysis) is 1. The largest absolute Gasteiger partial charge is 0.449 e. The summed E-state index contributed by atoms with van der Waals surface area (Å²) in [5, 5.41) is 19.8. The van der Waals surface area contributed by atoms with E-state index in [9.17, 15) is 33.9 Å². The van der Waals surface area contributed by atoms with E-state index in [1.165, 1.54) is 4.90 Å². The van der Waals surface area contributed by atoms with Crippen LogP contribution >= 0.6 is 31.9 Å². The van der Waals surface area contributed by atoms with Crippen molar-refractivity contribution < 1.29 is 43.3 Å². The van der Waals surface area contributed by atoms with E-state index in [2.05, 4.69) is 53.1 Å². The topological polar surface area (TPSA) is 218 Å². The Hall–Kier alpha value is -3.54. The summed E-state index contributed by atoms with van der Waals surface area (Å²) in [6.07, 6.45) is 0.934. The Morgan fingerprint density at radius 2 is 1.55 bits per heavy atom. The molecule has 15 nitrogen and oxygen atoms in total. The van der Waals surface area contributed by atoms with Gasteiger partial charge in [-0.3, -0.25) is 24.1 Å². The number of urea groups is 1. The molecule has 0 fully saturated rings. The first-order chi connectivity index (χ1) is 23.9. The lowest BCUT2D eigenvalue weighted by Gasteiger charge is -2.36. The van der Waals surface area contributed by atoms with Gasteiger partial charge in [-0.1, -0.05) is 32.9 Å². The average molecular weight is 847 g/mol. The Morgan fingerprint density at radius 1 is 0.941 bits per heavy atom. The van der Waals surface area contributed by atoms with Gasteiger partial charge in [-0.15, -0.1) is 0 Å². The standard InChI is InChI=1S/C34H50Br2N6O9/c1-7-34(6,51-18-14-33(4,5)42-29(46)24(35)25(36)30(42)47)15-17-50-32(49)41-26(20(2)3)28(45)40-23(9-8-16-38-31(37)48)27(44)39-22-12-10-21(19-43)11-13-22/h10-13,20,23,26,43H,7-9,14-19H2,1-6H3,(H,39,44)(H,40,45)(H,41,49)(H3,37,38,48)/t23-,26-,34?/m0/s1. The molecular formula is C34H50Br2N6O9. The number of imide groups is 1. The predicted octanol–water partition coefficient (Wildman–Crippen LogP) is 3.92. The van der Waals surface area contributed by atoms with Gasteiger partial charge in [-0.25, -0.2) is 9.59 Å². The number of ether oxygens (including phenoxy) is 2. The number of nitrogens with one attached hydrogen (secondary N) is 4. The van der Waals surface area contributed by atoms with E-state index >= 15 is 0 Å². The van der Waals surface area contributed by atoms with Gasteiger partial charge in [0.1, 0.15) is 21.0 Å². The number of nitrogens with two attached hydrogens (primary N) is 1. The van der Waals surface area contributed by atoms with Crippen molar-refractivity contribution in [1.82, 2.24) is 20.9 Å². The van der Waals surface area contributed by atoms with Crippen LogP contribution in [0.25, 0.3) is 0 Å². The van der Waals surface area contributed by atoms with E-state index in [0.717, 1.165) is 0 Å². The predicted molar refractivity (Wildman–Crippen MR) is 198 cm³/mol. The summed E-state index contributed by atoms with van der Waals surface area (Å²) >= 11 is 6.31. The highest BCUT2D eigenvalue weighted by molar-refractivity contribution is 9.14. The van der Waals surface area contributed by atoms with Gasteiger partial charge in [0.05, 0.1) is 18.8 Å². The van der Waals surface area contributed by atoms with Crippen LogP contribution in [0.4, 0.5) is 15.3 Å². The summed E-state index contributed by atoms with van der Waals surface area (Å²) in [4.78, 5) is 77.0. The second kappa shape index (κ2) is 19.9. The minimum atomic E-state index is -1.04. The molecule has 0 saturated heterocycles. The molecule has 1 aliphatic rings. The van der Waals surface area contributed by atoms with Crippen LogP contribution in [0.3, 0.4) is 0 Å². The lowest BCUT2D eigenvalue weighted by atomic mass is 9.97. The summed E-state index contributed by atoms with van der Waals surface area (Å²) in [7, 11) is 0. The summed E-state index contributed by atoms with van der Waals surface area (Å²) in [6, 6.07) is 3.77. The molecule has 17 heteroatoms. The van der Waals surface area contributed by atoms with Gasteiger partial charge in [-0.2, -0.15) is 0 Å². The third-order valence-corrected chi connectivity index (χ3v) is 10.6.